The highest BCUT2D eigenvalue weighted by molar-refractivity contribution is 7.13. The van der Waals surface area contributed by atoms with E-state index in [0.29, 0.717) is 33.4 Å². The monoisotopic (exact) mass is 442 g/mol. The lowest BCUT2D eigenvalue weighted by Gasteiger charge is -2.10. The zero-order valence-corrected chi connectivity index (χ0v) is 17.9. The zero-order chi connectivity index (χ0) is 22.1. The maximum atomic E-state index is 13.5. The lowest BCUT2D eigenvalue weighted by Crippen LogP contribution is -2.15. The minimum Gasteiger partial charge on any atom is -0.460 e. The quantitative estimate of drug-likeness (QED) is 0.331. The van der Waals surface area contributed by atoms with Crippen molar-refractivity contribution >= 4 is 50.8 Å². The van der Waals surface area contributed by atoms with Crippen LogP contribution >= 0.6 is 11.3 Å². The molecule has 32 heavy (non-hydrogen) atoms. The summed E-state index contributed by atoms with van der Waals surface area (Å²) in [5.74, 6) is -1.02. The third kappa shape index (κ3) is 3.52. The number of anilines is 1. The molecule has 158 valence electrons. The molecule has 6 nitrogen and oxygen atoms in total. The fraction of sp³-hybridized carbons (Fsp3) is 0.0800. The van der Waals surface area contributed by atoms with Gasteiger partial charge in [0.05, 0.1) is 28.3 Å². The van der Waals surface area contributed by atoms with Crippen LogP contribution in [-0.2, 0) is 4.74 Å². The van der Waals surface area contributed by atoms with Crippen molar-refractivity contribution in [2.45, 2.75) is 6.92 Å². The van der Waals surface area contributed by atoms with Gasteiger partial charge < -0.3 is 14.5 Å². The fourth-order valence-electron chi connectivity index (χ4n) is 3.60. The van der Waals surface area contributed by atoms with Crippen molar-refractivity contribution in [1.82, 2.24) is 4.98 Å². The SMILES string of the molecule is CCOC(=O)c1oc2ccccc2c1NC(=O)c1cc(-c2cccs2)nc2ccccc12. The number of fused-ring (bicyclic) bond motifs is 2. The number of hydrogen-bond acceptors (Lipinski definition) is 6. The van der Waals surface area contributed by atoms with Crippen LogP contribution in [0.3, 0.4) is 0 Å². The lowest BCUT2D eigenvalue weighted by molar-refractivity contribution is 0.0494. The third-order valence-corrected chi connectivity index (χ3v) is 5.92. The molecule has 0 radical (unpaired) electrons. The number of benzene rings is 2. The molecule has 0 saturated heterocycles. The molecule has 0 saturated carbocycles. The molecule has 0 aliphatic heterocycles. The normalized spacial score (nSPS) is 11.0. The smallest absolute Gasteiger partial charge is 0.376 e. The molecule has 1 N–H and O–H groups in total. The maximum Gasteiger partial charge on any atom is 0.376 e. The van der Waals surface area contributed by atoms with Crippen molar-refractivity contribution in [1.29, 1.82) is 0 Å². The Balaban J connectivity index is 1.63. The molecule has 0 unspecified atom stereocenters. The Morgan fingerprint density at radius 1 is 1.03 bits per heavy atom. The first kappa shape index (κ1) is 20.0. The molecule has 2 aromatic carbocycles. The number of nitrogens with zero attached hydrogens (tertiary/aromatic N) is 1. The molecule has 3 heterocycles. The van der Waals surface area contributed by atoms with E-state index in [1.54, 1.807) is 42.5 Å². The molecule has 3 aromatic heterocycles. The number of para-hydroxylation sites is 2. The van der Waals surface area contributed by atoms with E-state index in [2.05, 4.69) is 5.32 Å². The second kappa shape index (κ2) is 8.28. The predicted octanol–water partition coefficient (Wildman–Crippen LogP) is 6.14. The second-order valence-corrected chi connectivity index (χ2v) is 7.97. The van der Waals surface area contributed by atoms with Crippen molar-refractivity contribution in [2.75, 3.05) is 11.9 Å². The molecule has 0 fully saturated rings. The number of ether oxygens (including phenoxy) is 1. The van der Waals surface area contributed by atoms with Crippen LogP contribution in [0.15, 0.2) is 76.5 Å². The summed E-state index contributed by atoms with van der Waals surface area (Å²) in [6.45, 7) is 1.91. The summed E-state index contributed by atoms with van der Waals surface area (Å²) in [6, 6.07) is 20.3. The van der Waals surface area contributed by atoms with Crippen molar-refractivity contribution in [3.8, 4) is 10.6 Å². The number of thiophene rings is 1. The van der Waals surface area contributed by atoms with Crippen molar-refractivity contribution in [3.63, 3.8) is 0 Å². The molecular weight excluding hydrogens is 424 g/mol. The molecular formula is C25H18N2O4S. The average molecular weight is 442 g/mol. The van der Waals surface area contributed by atoms with Crippen LogP contribution in [0.2, 0.25) is 0 Å². The highest BCUT2D eigenvalue weighted by atomic mass is 32.1. The number of nitrogens with one attached hydrogen (secondary N) is 1. The van der Waals surface area contributed by atoms with E-state index >= 15 is 0 Å². The number of rotatable bonds is 5. The standard InChI is InChI=1S/C25H18N2O4S/c1-2-30-25(29)23-22(16-9-4-6-11-20(16)31-23)27-24(28)17-14-19(21-12-7-13-32-21)26-18-10-5-3-8-15(17)18/h3-14H,2H2,1H3,(H,27,28). The van der Waals surface area contributed by atoms with Crippen LogP contribution in [0, 0.1) is 0 Å². The molecule has 0 spiro atoms. The Morgan fingerprint density at radius 3 is 2.59 bits per heavy atom. The van der Waals surface area contributed by atoms with E-state index in [0.717, 1.165) is 10.3 Å². The van der Waals surface area contributed by atoms with Gasteiger partial charge in [0.25, 0.3) is 5.91 Å². The van der Waals surface area contributed by atoms with Crippen LogP contribution in [0.4, 0.5) is 5.69 Å². The summed E-state index contributed by atoms with van der Waals surface area (Å²) >= 11 is 1.55. The second-order valence-electron chi connectivity index (χ2n) is 7.03. The van der Waals surface area contributed by atoms with Gasteiger partial charge in [-0.05, 0) is 42.6 Å². The first-order valence-corrected chi connectivity index (χ1v) is 11.0. The summed E-state index contributed by atoms with van der Waals surface area (Å²) in [4.78, 5) is 31.7. The molecule has 0 bridgehead atoms. The van der Waals surface area contributed by atoms with E-state index in [4.69, 9.17) is 14.1 Å². The maximum absolute atomic E-state index is 13.5. The first-order valence-electron chi connectivity index (χ1n) is 10.1. The molecule has 1 amide bonds. The van der Waals surface area contributed by atoms with Gasteiger partial charge in [-0.15, -0.1) is 11.3 Å². The molecule has 0 aliphatic carbocycles. The number of aromatic nitrogens is 1. The summed E-state index contributed by atoms with van der Waals surface area (Å²) in [5.41, 5.74) is 2.67. The van der Waals surface area contributed by atoms with E-state index in [-0.39, 0.29) is 18.3 Å². The number of carbonyl (C=O) groups excluding carboxylic acids is 2. The minimum absolute atomic E-state index is 0.0294. The fourth-order valence-corrected chi connectivity index (χ4v) is 4.29. The van der Waals surface area contributed by atoms with Gasteiger partial charge in [0.15, 0.2) is 0 Å². The van der Waals surface area contributed by atoms with Gasteiger partial charge in [-0.25, -0.2) is 9.78 Å². The number of pyridine rings is 1. The third-order valence-electron chi connectivity index (χ3n) is 5.03. The van der Waals surface area contributed by atoms with Gasteiger partial charge in [-0.1, -0.05) is 36.4 Å². The minimum atomic E-state index is -0.627. The first-order chi connectivity index (χ1) is 15.7. The number of furan rings is 1. The Morgan fingerprint density at radius 2 is 1.81 bits per heavy atom. The predicted molar refractivity (Wildman–Crippen MR) is 125 cm³/mol. The number of hydrogen-bond donors (Lipinski definition) is 1. The van der Waals surface area contributed by atoms with Crippen LogP contribution in [-0.4, -0.2) is 23.5 Å². The summed E-state index contributed by atoms with van der Waals surface area (Å²) in [5, 5.41) is 6.21. The van der Waals surface area contributed by atoms with Gasteiger partial charge >= 0.3 is 5.97 Å². The number of carbonyl (C=O) groups is 2. The molecule has 7 heteroatoms. The molecule has 0 aliphatic rings. The summed E-state index contributed by atoms with van der Waals surface area (Å²) in [6.07, 6.45) is 0. The Bertz CT molecular complexity index is 1450. The molecule has 0 atom stereocenters. The van der Waals surface area contributed by atoms with Crippen molar-refractivity contribution < 1.29 is 18.7 Å². The summed E-state index contributed by atoms with van der Waals surface area (Å²) in [7, 11) is 0. The highest BCUT2D eigenvalue weighted by Gasteiger charge is 2.24. The van der Waals surface area contributed by atoms with Gasteiger partial charge in [-0.3, -0.25) is 4.79 Å². The number of esters is 1. The van der Waals surface area contributed by atoms with Gasteiger partial charge in [0, 0.05) is 10.8 Å². The largest absolute Gasteiger partial charge is 0.460 e. The van der Waals surface area contributed by atoms with E-state index in [1.165, 1.54) is 0 Å². The summed E-state index contributed by atoms with van der Waals surface area (Å²) < 4.78 is 10.9. The Hall–Kier alpha value is -3.97. The Labute approximate surface area is 187 Å². The van der Waals surface area contributed by atoms with Gasteiger partial charge in [-0.2, -0.15) is 0 Å². The highest BCUT2D eigenvalue weighted by Crippen LogP contribution is 2.33. The average Bonchev–Trinajstić information content (AvgIpc) is 3.47. The Kier molecular flexibility index (Phi) is 5.17. The lowest BCUT2D eigenvalue weighted by atomic mass is 10.1. The van der Waals surface area contributed by atoms with Gasteiger partial charge in [0.1, 0.15) is 11.3 Å². The van der Waals surface area contributed by atoms with E-state index in [1.807, 2.05) is 47.8 Å². The van der Waals surface area contributed by atoms with E-state index in [9.17, 15) is 9.59 Å². The van der Waals surface area contributed by atoms with Crippen LogP contribution < -0.4 is 5.32 Å². The number of amides is 1. The van der Waals surface area contributed by atoms with Crippen molar-refractivity contribution in [2.24, 2.45) is 0 Å². The zero-order valence-electron chi connectivity index (χ0n) is 17.1. The van der Waals surface area contributed by atoms with Gasteiger partial charge in [0.2, 0.25) is 5.76 Å². The van der Waals surface area contributed by atoms with Crippen molar-refractivity contribution in [3.05, 3.63) is 83.4 Å². The van der Waals surface area contributed by atoms with Crippen LogP contribution in [0.5, 0.6) is 0 Å². The van der Waals surface area contributed by atoms with Crippen LogP contribution in [0.1, 0.15) is 27.8 Å². The molecule has 5 aromatic rings. The topological polar surface area (TPSA) is 81.4 Å². The van der Waals surface area contributed by atoms with E-state index < -0.39 is 5.97 Å². The van der Waals surface area contributed by atoms with Crippen LogP contribution in [0.25, 0.3) is 32.4 Å². The molecule has 5 rings (SSSR count).